The van der Waals surface area contributed by atoms with Crippen LogP contribution in [0.2, 0.25) is 0 Å². The summed E-state index contributed by atoms with van der Waals surface area (Å²) >= 11 is 1.51. The van der Waals surface area contributed by atoms with E-state index in [2.05, 4.69) is 34.3 Å². The predicted octanol–water partition coefficient (Wildman–Crippen LogP) is 2.39. The van der Waals surface area contributed by atoms with Gasteiger partial charge in [0.2, 0.25) is 0 Å². The molecule has 2 aromatic rings. The van der Waals surface area contributed by atoms with Crippen molar-refractivity contribution in [3.8, 4) is 11.8 Å². The van der Waals surface area contributed by atoms with Gasteiger partial charge in [0, 0.05) is 19.3 Å². The number of thiazole rings is 1. The number of hydrazone groups is 1. The van der Waals surface area contributed by atoms with Gasteiger partial charge in [-0.2, -0.15) is 10.4 Å². The van der Waals surface area contributed by atoms with Crippen LogP contribution < -0.4 is 15.1 Å². The van der Waals surface area contributed by atoms with Crippen LogP contribution in [0, 0.1) is 11.3 Å². The minimum absolute atomic E-state index is 0.156. The SMILES string of the molecule is CCN(CC)c1ncc(/C=N\NC(=O)COc2ccc(C#N)cc2)s1. The fourth-order valence-electron chi connectivity index (χ4n) is 1.95. The molecule has 25 heavy (non-hydrogen) atoms. The second-order valence-electron chi connectivity index (χ2n) is 4.94. The van der Waals surface area contributed by atoms with E-state index in [-0.39, 0.29) is 12.5 Å². The number of nitrogens with zero attached hydrogens (tertiary/aromatic N) is 4. The number of rotatable bonds is 8. The lowest BCUT2D eigenvalue weighted by Gasteiger charge is -2.16. The zero-order chi connectivity index (χ0) is 18.1. The highest BCUT2D eigenvalue weighted by Gasteiger charge is 2.06. The number of aromatic nitrogens is 1. The van der Waals surface area contributed by atoms with Crippen LogP contribution in [0.4, 0.5) is 5.13 Å². The Labute approximate surface area is 150 Å². The van der Waals surface area contributed by atoms with Gasteiger partial charge in [-0.3, -0.25) is 4.79 Å². The molecule has 0 bridgehead atoms. The summed E-state index contributed by atoms with van der Waals surface area (Å²) in [6.45, 7) is 5.78. The Morgan fingerprint density at radius 3 is 2.76 bits per heavy atom. The highest BCUT2D eigenvalue weighted by molar-refractivity contribution is 7.17. The number of amides is 1. The first-order valence-electron chi connectivity index (χ1n) is 7.81. The second-order valence-corrected chi connectivity index (χ2v) is 5.98. The first-order valence-corrected chi connectivity index (χ1v) is 8.63. The van der Waals surface area contributed by atoms with E-state index >= 15 is 0 Å². The molecular weight excluding hydrogens is 338 g/mol. The summed E-state index contributed by atoms with van der Waals surface area (Å²) in [5, 5.41) is 13.6. The van der Waals surface area contributed by atoms with Gasteiger partial charge in [-0.05, 0) is 38.1 Å². The topological polar surface area (TPSA) is 90.6 Å². The summed E-state index contributed by atoms with van der Waals surface area (Å²) in [5.74, 6) is 0.151. The minimum Gasteiger partial charge on any atom is -0.484 e. The Balaban J connectivity index is 1.79. The summed E-state index contributed by atoms with van der Waals surface area (Å²) in [5.41, 5.74) is 2.95. The summed E-state index contributed by atoms with van der Waals surface area (Å²) in [7, 11) is 0. The molecule has 0 aliphatic rings. The number of nitriles is 1. The van der Waals surface area contributed by atoms with Crippen molar-refractivity contribution < 1.29 is 9.53 Å². The minimum atomic E-state index is -0.367. The molecule has 0 saturated heterocycles. The molecule has 1 heterocycles. The van der Waals surface area contributed by atoms with Crippen LogP contribution in [-0.4, -0.2) is 36.8 Å². The number of carbonyl (C=O) groups excluding carboxylic acids is 1. The number of anilines is 1. The maximum Gasteiger partial charge on any atom is 0.277 e. The van der Waals surface area contributed by atoms with Crippen LogP contribution in [0.5, 0.6) is 5.75 Å². The number of benzene rings is 1. The maximum absolute atomic E-state index is 11.7. The lowest BCUT2D eigenvalue weighted by Crippen LogP contribution is -2.24. The Hall–Kier alpha value is -2.92. The Bertz CT molecular complexity index is 760. The lowest BCUT2D eigenvalue weighted by molar-refractivity contribution is -0.123. The van der Waals surface area contributed by atoms with Crippen LogP contribution in [0.1, 0.15) is 24.3 Å². The summed E-state index contributed by atoms with van der Waals surface area (Å²) in [6.07, 6.45) is 3.28. The summed E-state index contributed by atoms with van der Waals surface area (Å²) in [6, 6.07) is 8.55. The molecule has 0 saturated carbocycles. The van der Waals surface area contributed by atoms with Crippen molar-refractivity contribution in [2.75, 3.05) is 24.6 Å². The Morgan fingerprint density at radius 1 is 1.40 bits per heavy atom. The van der Waals surface area contributed by atoms with Crippen LogP contribution in [-0.2, 0) is 4.79 Å². The molecular formula is C17H19N5O2S. The van der Waals surface area contributed by atoms with E-state index in [4.69, 9.17) is 10.00 Å². The number of hydrogen-bond donors (Lipinski definition) is 1. The molecule has 1 amide bonds. The molecule has 1 N–H and O–H groups in total. The van der Waals surface area contributed by atoms with Crippen molar-refractivity contribution in [1.29, 1.82) is 5.26 Å². The van der Waals surface area contributed by atoms with Gasteiger partial charge in [0.25, 0.3) is 5.91 Å². The quantitative estimate of drug-likeness (QED) is 0.579. The van der Waals surface area contributed by atoms with E-state index in [1.165, 1.54) is 11.3 Å². The van der Waals surface area contributed by atoms with Crippen molar-refractivity contribution in [2.24, 2.45) is 5.10 Å². The number of nitrogens with one attached hydrogen (secondary N) is 1. The molecule has 0 aliphatic carbocycles. The van der Waals surface area contributed by atoms with Gasteiger partial charge in [0.05, 0.1) is 22.7 Å². The maximum atomic E-state index is 11.7. The van der Waals surface area contributed by atoms with Crippen LogP contribution >= 0.6 is 11.3 Å². The molecule has 1 aromatic heterocycles. The zero-order valence-corrected chi connectivity index (χ0v) is 14.9. The Kier molecular flexibility index (Phi) is 6.92. The average molecular weight is 357 g/mol. The first kappa shape index (κ1) is 18.4. The average Bonchev–Trinajstić information content (AvgIpc) is 3.10. The third-order valence-corrected chi connectivity index (χ3v) is 4.27. The van der Waals surface area contributed by atoms with Crippen LogP contribution in [0.3, 0.4) is 0 Å². The molecule has 0 atom stereocenters. The third kappa shape index (κ3) is 5.58. The van der Waals surface area contributed by atoms with Crippen molar-refractivity contribution in [3.63, 3.8) is 0 Å². The lowest BCUT2D eigenvalue weighted by atomic mass is 10.2. The van der Waals surface area contributed by atoms with Gasteiger partial charge >= 0.3 is 0 Å². The number of ether oxygens (including phenoxy) is 1. The van der Waals surface area contributed by atoms with Gasteiger partial charge in [-0.1, -0.05) is 11.3 Å². The summed E-state index contributed by atoms with van der Waals surface area (Å²) in [4.78, 5) is 19.1. The smallest absolute Gasteiger partial charge is 0.277 e. The predicted molar refractivity (Wildman–Crippen MR) is 98.1 cm³/mol. The van der Waals surface area contributed by atoms with Crippen LogP contribution in [0.25, 0.3) is 0 Å². The van der Waals surface area contributed by atoms with E-state index in [1.54, 1.807) is 36.7 Å². The molecule has 0 spiro atoms. The van der Waals surface area contributed by atoms with Gasteiger partial charge in [0.1, 0.15) is 5.75 Å². The van der Waals surface area contributed by atoms with E-state index in [9.17, 15) is 4.79 Å². The number of hydrogen-bond acceptors (Lipinski definition) is 7. The van der Waals surface area contributed by atoms with Crippen molar-refractivity contribution in [2.45, 2.75) is 13.8 Å². The Morgan fingerprint density at radius 2 is 2.12 bits per heavy atom. The van der Waals surface area contributed by atoms with Crippen molar-refractivity contribution in [1.82, 2.24) is 10.4 Å². The van der Waals surface area contributed by atoms with Crippen molar-refractivity contribution >= 4 is 28.6 Å². The third-order valence-electron chi connectivity index (χ3n) is 3.28. The fourth-order valence-corrected chi connectivity index (χ4v) is 2.87. The molecule has 0 radical (unpaired) electrons. The molecule has 7 nitrogen and oxygen atoms in total. The van der Waals surface area contributed by atoms with Crippen LogP contribution in [0.15, 0.2) is 35.6 Å². The first-order chi connectivity index (χ1) is 12.2. The monoisotopic (exact) mass is 357 g/mol. The molecule has 0 fully saturated rings. The zero-order valence-electron chi connectivity index (χ0n) is 14.1. The van der Waals surface area contributed by atoms with E-state index in [0.717, 1.165) is 23.1 Å². The molecule has 0 unspecified atom stereocenters. The van der Waals surface area contributed by atoms with Gasteiger partial charge in [-0.25, -0.2) is 10.4 Å². The standard InChI is InChI=1S/C17H19N5O2S/c1-3-22(4-2)17-19-10-15(25-17)11-20-21-16(23)12-24-14-7-5-13(9-18)6-8-14/h5-8,10-11H,3-4,12H2,1-2H3,(H,21,23)/b20-11-. The summed E-state index contributed by atoms with van der Waals surface area (Å²) < 4.78 is 5.32. The molecule has 2 rings (SSSR count). The molecule has 8 heteroatoms. The second kappa shape index (κ2) is 9.39. The van der Waals surface area contributed by atoms with E-state index < -0.39 is 0 Å². The van der Waals surface area contributed by atoms with E-state index in [0.29, 0.717) is 11.3 Å². The highest BCUT2D eigenvalue weighted by Crippen LogP contribution is 2.20. The normalized spacial score (nSPS) is 10.4. The highest BCUT2D eigenvalue weighted by atomic mass is 32.1. The van der Waals surface area contributed by atoms with Crippen molar-refractivity contribution in [3.05, 3.63) is 40.9 Å². The van der Waals surface area contributed by atoms with E-state index in [1.807, 2.05) is 6.07 Å². The molecule has 1 aromatic carbocycles. The largest absolute Gasteiger partial charge is 0.484 e. The fraction of sp³-hybridized carbons (Fsp3) is 0.294. The molecule has 130 valence electrons. The van der Waals surface area contributed by atoms with Gasteiger partial charge < -0.3 is 9.64 Å². The van der Waals surface area contributed by atoms with Gasteiger partial charge in [0.15, 0.2) is 11.7 Å². The molecule has 0 aliphatic heterocycles. The number of carbonyl (C=O) groups is 1. The van der Waals surface area contributed by atoms with Gasteiger partial charge in [-0.15, -0.1) is 0 Å².